The van der Waals surface area contributed by atoms with Crippen molar-refractivity contribution in [1.29, 1.82) is 0 Å². The standard InChI is InChI=1S/C23H34F2O/c1-3-11-18-19(16-12-7-5-8-13-16)20(17-14-9-6-10-15-17)23(26-4-2)22(25)21(18)24/h16-17H,3-15H2,1-2H3. The second-order valence-electron chi connectivity index (χ2n) is 8.12. The average Bonchev–Trinajstić information content (AvgIpc) is 2.69. The normalized spacial score (nSPS) is 19.7. The zero-order chi connectivity index (χ0) is 18.5. The first kappa shape index (κ1) is 19.6. The van der Waals surface area contributed by atoms with E-state index in [0.29, 0.717) is 30.4 Å². The van der Waals surface area contributed by atoms with Crippen LogP contribution in [-0.2, 0) is 6.42 Å². The van der Waals surface area contributed by atoms with E-state index in [2.05, 4.69) is 6.92 Å². The maximum absolute atomic E-state index is 15.1. The Bertz CT molecular complexity index is 546. The first-order valence-electron chi connectivity index (χ1n) is 10.8. The van der Waals surface area contributed by atoms with Crippen LogP contribution in [0.1, 0.15) is 113 Å². The molecule has 0 N–H and O–H groups in total. The van der Waals surface area contributed by atoms with E-state index in [0.717, 1.165) is 43.2 Å². The summed E-state index contributed by atoms with van der Waals surface area (Å²) in [5.41, 5.74) is 2.84. The number of rotatable bonds is 6. The summed E-state index contributed by atoms with van der Waals surface area (Å²) in [5.74, 6) is -0.451. The Kier molecular flexibility index (Phi) is 6.94. The molecule has 3 heteroatoms. The van der Waals surface area contributed by atoms with Crippen LogP contribution in [0.3, 0.4) is 0 Å². The van der Waals surface area contributed by atoms with Crippen molar-refractivity contribution in [1.82, 2.24) is 0 Å². The second-order valence-corrected chi connectivity index (χ2v) is 8.12. The van der Waals surface area contributed by atoms with Gasteiger partial charge in [-0.25, -0.2) is 4.39 Å². The highest BCUT2D eigenvalue weighted by Gasteiger charge is 2.33. The third kappa shape index (κ3) is 3.92. The molecule has 146 valence electrons. The van der Waals surface area contributed by atoms with Crippen molar-refractivity contribution in [3.63, 3.8) is 0 Å². The summed E-state index contributed by atoms with van der Waals surface area (Å²) in [5, 5.41) is 0. The van der Waals surface area contributed by atoms with Crippen LogP contribution < -0.4 is 4.74 Å². The van der Waals surface area contributed by atoms with E-state index in [9.17, 15) is 0 Å². The highest BCUT2D eigenvalue weighted by Crippen LogP contribution is 2.48. The SMILES string of the molecule is CCCc1c(F)c(F)c(OCC)c(C2CCCCC2)c1C1CCCCC1. The van der Waals surface area contributed by atoms with Gasteiger partial charge in [-0.1, -0.05) is 51.9 Å². The van der Waals surface area contributed by atoms with Crippen molar-refractivity contribution in [2.24, 2.45) is 0 Å². The number of hydrogen-bond acceptors (Lipinski definition) is 1. The monoisotopic (exact) mass is 364 g/mol. The third-order valence-corrected chi connectivity index (χ3v) is 6.33. The molecule has 3 rings (SSSR count). The lowest BCUT2D eigenvalue weighted by Gasteiger charge is -2.33. The third-order valence-electron chi connectivity index (χ3n) is 6.33. The Morgan fingerprint density at radius 2 is 1.31 bits per heavy atom. The molecule has 0 aliphatic heterocycles. The molecule has 1 nitrogen and oxygen atoms in total. The average molecular weight is 365 g/mol. The number of halogens is 2. The highest BCUT2D eigenvalue weighted by molar-refractivity contribution is 5.51. The van der Waals surface area contributed by atoms with Crippen LogP contribution in [0.4, 0.5) is 8.78 Å². The van der Waals surface area contributed by atoms with Crippen molar-refractivity contribution < 1.29 is 13.5 Å². The fourth-order valence-corrected chi connectivity index (χ4v) is 5.19. The topological polar surface area (TPSA) is 9.23 Å². The van der Waals surface area contributed by atoms with Gasteiger partial charge < -0.3 is 4.74 Å². The molecule has 2 aliphatic rings. The summed E-state index contributed by atoms with van der Waals surface area (Å²) in [4.78, 5) is 0. The number of ether oxygens (including phenoxy) is 1. The molecule has 2 aliphatic carbocycles. The van der Waals surface area contributed by atoms with Gasteiger partial charge in [-0.05, 0) is 62.0 Å². The van der Waals surface area contributed by atoms with Gasteiger partial charge in [0.1, 0.15) is 0 Å². The lowest BCUT2D eigenvalue weighted by atomic mass is 9.73. The summed E-state index contributed by atoms with van der Waals surface area (Å²) in [6, 6.07) is 0. The molecule has 0 radical (unpaired) electrons. The van der Waals surface area contributed by atoms with E-state index < -0.39 is 11.6 Å². The highest BCUT2D eigenvalue weighted by atomic mass is 19.2. The molecular weight excluding hydrogens is 330 g/mol. The molecule has 0 aromatic heterocycles. The van der Waals surface area contributed by atoms with Gasteiger partial charge in [-0.3, -0.25) is 0 Å². The minimum Gasteiger partial charge on any atom is -0.490 e. The van der Waals surface area contributed by atoms with Crippen LogP contribution >= 0.6 is 0 Å². The van der Waals surface area contributed by atoms with Crippen LogP contribution in [0.15, 0.2) is 0 Å². The summed E-state index contributed by atoms with van der Waals surface area (Å²) < 4.78 is 35.9. The molecule has 1 aromatic carbocycles. The van der Waals surface area contributed by atoms with E-state index in [4.69, 9.17) is 4.74 Å². The largest absolute Gasteiger partial charge is 0.490 e. The van der Waals surface area contributed by atoms with E-state index in [1.165, 1.54) is 38.5 Å². The van der Waals surface area contributed by atoms with Gasteiger partial charge in [0.05, 0.1) is 6.61 Å². The van der Waals surface area contributed by atoms with Crippen LogP contribution in [0, 0.1) is 11.6 Å². The quantitative estimate of drug-likeness (QED) is 0.510. The van der Waals surface area contributed by atoms with Gasteiger partial charge >= 0.3 is 0 Å². The second kappa shape index (κ2) is 9.19. The molecule has 0 bridgehead atoms. The van der Waals surface area contributed by atoms with Crippen molar-refractivity contribution in [2.75, 3.05) is 6.61 Å². The molecule has 1 aromatic rings. The van der Waals surface area contributed by atoms with E-state index in [-0.39, 0.29) is 5.75 Å². The molecule has 0 saturated heterocycles. The maximum atomic E-state index is 15.1. The summed E-state index contributed by atoms with van der Waals surface area (Å²) >= 11 is 0. The molecule has 0 amide bonds. The first-order chi connectivity index (χ1) is 12.7. The lowest BCUT2D eigenvalue weighted by molar-refractivity contribution is 0.298. The van der Waals surface area contributed by atoms with Crippen LogP contribution in [-0.4, -0.2) is 6.61 Å². The molecule has 2 saturated carbocycles. The molecule has 0 heterocycles. The van der Waals surface area contributed by atoms with Crippen LogP contribution in [0.5, 0.6) is 5.75 Å². The molecule has 0 unspecified atom stereocenters. The number of benzene rings is 1. The Balaban J connectivity index is 2.20. The van der Waals surface area contributed by atoms with Crippen molar-refractivity contribution in [2.45, 2.75) is 103 Å². The van der Waals surface area contributed by atoms with Crippen LogP contribution in [0.2, 0.25) is 0 Å². The van der Waals surface area contributed by atoms with E-state index in [1.807, 2.05) is 6.92 Å². The molecule has 0 atom stereocenters. The van der Waals surface area contributed by atoms with E-state index >= 15 is 8.78 Å². The molecular formula is C23H34F2O. The van der Waals surface area contributed by atoms with Gasteiger partial charge in [-0.2, -0.15) is 4.39 Å². The lowest BCUT2D eigenvalue weighted by Crippen LogP contribution is -2.19. The summed E-state index contributed by atoms with van der Waals surface area (Å²) in [7, 11) is 0. The Hall–Kier alpha value is -1.12. The molecule has 26 heavy (non-hydrogen) atoms. The fraction of sp³-hybridized carbons (Fsp3) is 0.739. The summed E-state index contributed by atoms with van der Waals surface area (Å²) in [6.45, 7) is 4.30. The zero-order valence-corrected chi connectivity index (χ0v) is 16.5. The van der Waals surface area contributed by atoms with Gasteiger partial charge in [0.2, 0.25) is 5.82 Å². The van der Waals surface area contributed by atoms with Crippen molar-refractivity contribution in [3.8, 4) is 5.75 Å². The van der Waals surface area contributed by atoms with Crippen molar-refractivity contribution in [3.05, 3.63) is 28.3 Å². The minimum atomic E-state index is -0.740. The predicted octanol–water partition coefficient (Wildman–Crippen LogP) is 7.41. The zero-order valence-electron chi connectivity index (χ0n) is 16.5. The van der Waals surface area contributed by atoms with Gasteiger partial charge in [0, 0.05) is 5.56 Å². The molecule has 0 spiro atoms. The summed E-state index contributed by atoms with van der Waals surface area (Å²) in [6.07, 6.45) is 13.1. The van der Waals surface area contributed by atoms with Crippen LogP contribution in [0.25, 0.3) is 0 Å². The number of hydrogen-bond donors (Lipinski definition) is 0. The van der Waals surface area contributed by atoms with Crippen molar-refractivity contribution >= 4 is 0 Å². The smallest absolute Gasteiger partial charge is 0.201 e. The Morgan fingerprint density at radius 3 is 1.81 bits per heavy atom. The first-order valence-corrected chi connectivity index (χ1v) is 10.8. The Labute approximate surface area is 157 Å². The Morgan fingerprint density at radius 1 is 0.769 bits per heavy atom. The molecule has 2 fully saturated rings. The van der Waals surface area contributed by atoms with Gasteiger partial charge in [0.15, 0.2) is 11.6 Å². The maximum Gasteiger partial charge on any atom is 0.201 e. The van der Waals surface area contributed by atoms with E-state index in [1.54, 1.807) is 0 Å². The van der Waals surface area contributed by atoms with Gasteiger partial charge in [0.25, 0.3) is 0 Å². The van der Waals surface area contributed by atoms with Gasteiger partial charge in [-0.15, -0.1) is 0 Å². The predicted molar refractivity (Wildman–Crippen MR) is 103 cm³/mol. The fourth-order valence-electron chi connectivity index (χ4n) is 5.19. The minimum absolute atomic E-state index is 0.234.